The van der Waals surface area contributed by atoms with Crippen LogP contribution in [0.25, 0.3) is 33.7 Å². The first-order chi connectivity index (χ1) is 16.1. The van der Waals surface area contributed by atoms with Crippen molar-refractivity contribution < 1.29 is 14.1 Å². The summed E-state index contributed by atoms with van der Waals surface area (Å²) < 4.78 is 11.7. The molecule has 0 aliphatic heterocycles. The quantitative estimate of drug-likeness (QED) is 0.138. The molecule has 0 bridgehead atoms. The van der Waals surface area contributed by atoms with E-state index in [2.05, 4.69) is 17.1 Å². The fraction of sp³-hybridized carbons (Fsp3) is 0.308. The molecule has 3 aromatic carbocycles. The number of benzene rings is 3. The normalized spacial score (nSPS) is 11.1. The molecule has 0 atom stereocenters. The Hall–Kier alpha value is -3.74. The third kappa shape index (κ3) is 5.74. The van der Waals surface area contributed by atoms with Crippen LogP contribution in [0.1, 0.15) is 45.4 Å². The number of aromatic nitrogens is 2. The summed E-state index contributed by atoms with van der Waals surface area (Å²) in [5.41, 5.74) is 1.46. The molecule has 0 amide bonds. The van der Waals surface area contributed by atoms with Gasteiger partial charge in [0.05, 0.1) is 11.5 Å². The third-order valence-corrected chi connectivity index (χ3v) is 5.58. The fourth-order valence-electron chi connectivity index (χ4n) is 3.70. The number of nitrogens with zero attached hydrogens (tertiary/aromatic N) is 3. The van der Waals surface area contributed by atoms with Gasteiger partial charge in [-0.25, -0.2) is 0 Å². The molecule has 7 nitrogen and oxygen atoms in total. The van der Waals surface area contributed by atoms with E-state index in [1.165, 1.54) is 44.2 Å². The number of hydrogen-bond acceptors (Lipinski definition) is 6. The molecule has 0 saturated carbocycles. The number of ether oxygens (including phenoxy) is 1. The van der Waals surface area contributed by atoms with Gasteiger partial charge in [-0.2, -0.15) is 0 Å². The Morgan fingerprint density at radius 1 is 0.818 bits per heavy atom. The second-order valence-corrected chi connectivity index (χ2v) is 8.06. The Labute approximate surface area is 192 Å². The van der Waals surface area contributed by atoms with Crippen LogP contribution in [-0.2, 0) is 0 Å². The minimum Gasteiger partial charge on any atom is -0.494 e. The summed E-state index contributed by atoms with van der Waals surface area (Å²) in [6.07, 6.45) is 7.46. The maximum Gasteiger partial charge on any atom is 0.269 e. The van der Waals surface area contributed by atoms with Crippen molar-refractivity contribution in [1.82, 2.24) is 10.2 Å². The van der Waals surface area contributed by atoms with E-state index in [-0.39, 0.29) is 5.69 Å². The molecule has 0 aliphatic rings. The zero-order valence-electron chi connectivity index (χ0n) is 18.7. The Kier molecular flexibility index (Phi) is 7.29. The lowest BCUT2D eigenvalue weighted by Gasteiger charge is -2.08. The first-order valence-electron chi connectivity index (χ1n) is 11.4. The highest BCUT2D eigenvalue weighted by molar-refractivity contribution is 5.87. The Morgan fingerprint density at radius 3 is 2.21 bits per heavy atom. The van der Waals surface area contributed by atoms with E-state index in [4.69, 9.17) is 9.15 Å². The first-order valence-corrected chi connectivity index (χ1v) is 11.4. The molecule has 7 heteroatoms. The second-order valence-electron chi connectivity index (χ2n) is 8.06. The van der Waals surface area contributed by atoms with Gasteiger partial charge in [0, 0.05) is 23.3 Å². The summed E-state index contributed by atoms with van der Waals surface area (Å²) in [7, 11) is 0. The standard InChI is InChI=1S/C26H27N3O4/c1-2-3-4-5-6-7-16-32-24-15-12-20-17-22(9-8-21(20)18-24)26-28-27-25(33-26)19-10-13-23(14-11-19)29(30)31/h8-15,17-18H,2-7,16H2,1H3. The van der Waals surface area contributed by atoms with Crippen molar-refractivity contribution in [3.8, 4) is 28.7 Å². The smallest absolute Gasteiger partial charge is 0.269 e. The average Bonchev–Trinajstić information content (AvgIpc) is 3.33. The van der Waals surface area contributed by atoms with Crippen LogP contribution in [0.4, 0.5) is 5.69 Å². The van der Waals surface area contributed by atoms with Crippen LogP contribution in [0.2, 0.25) is 0 Å². The Balaban J connectivity index is 1.40. The molecule has 1 heterocycles. The minimum absolute atomic E-state index is 0.0170. The molecular formula is C26H27N3O4. The molecule has 0 saturated heterocycles. The van der Waals surface area contributed by atoms with Gasteiger partial charge in [-0.3, -0.25) is 10.1 Å². The molecular weight excluding hydrogens is 418 g/mol. The molecule has 170 valence electrons. The van der Waals surface area contributed by atoms with Crippen LogP contribution < -0.4 is 4.74 Å². The van der Waals surface area contributed by atoms with E-state index in [9.17, 15) is 10.1 Å². The van der Waals surface area contributed by atoms with Gasteiger partial charge in [-0.1, -0.05) is 51.2 Å². The molecule has 0 spiro atoms. The number of nitro groups is 1. The van der Waals surface area contributed by atoms with Gasteiger partial charge in [0.1, 0.15) is 5.75 Å². The maximum absolute atomic E-state index is 10.8. The Bertz CT molecular complexity index is 1220. The van der Waals surface area contributed by atoms with Crippen molar-refractivity contribution in [3.63, 3.8) is 0 Å². The second kappa shape index (κ2) is 10.7. The van der Waals surface area contributed by atoms with Gasteiger partial charge in [0.2, 0.25) is 11.8 Å². The monoisotopic (exact) mass is 445 g/mol. The molecule has 1 aromatic heterocycles. The van der Waals surface area contributed by atoms with Crippen LogP contribution in [0.15, 0.2) is 65.1 Å². The van der Waals surface area contributed by atoms with E-state index < -0.39 is 4.92 Å². The van der Waals surface area contributed by atoms with E-state index in [0.717, 1.165) is 35.1 Å². The zero-order chi connectivity index (χ0) is 23.0. The molecule has 0 unspecified atom stereocenters. The molecule has 4 aromatic rings. The molecule has 0 radical (unpaired) electrons. The van der Waals surface area contributed by atoms with E-state index >= 15 is 0 Å². The summed E-state index contributed by atoms with van der Waals surface area (Å²) in [5, 5.41) is 21.2. The SMILES string of the molecule is CCCCCCCCOc1ccc2cc(-c3nnc(-c4ccc([N+](=O)[O-])cc4)o3)ccc2c1. The highest BCUT2D eigenvalue weighted by Gasteiger charge is 2.13. The van der Waals surface area contributed by atoms with Crippen LogP contribution in [-0.4, -0.2) is 21.7 Å². The summed E-state index contributed by atoms with van der Waals surface area (Å²) in [6.45, 7) is 2.97. The number of fused-ring (bicyclic) bond motifs is 1. The first kappa shape index (κ1) is 22.5. The van der Waals surface area contributed by atoms with Crippen LogP contribution in [0, 0.1) is 10.1 Å². The van der Waals surface area contributed by atoms with Crippen LogP contribution >= 0.6 is 0 Å². The lowest BCUT2D eigenvalue weighted by molar-refractivity contribution is -0.384. The summed E-state index contributed by atoms with van der Waals surface area (Å²) >= 11 is 0. The van der Waals surface area contributed by atoms with Crippen molar-refractivity contribution in [2.75, 3.05) is 6.61 Å². The van der Waals surface area contributed by atoms with Gasteiger partial charge >= 0.3 is 0 Å². The van der Waals surface area contributed by atoms with Crippen molar-refractivity contribution in [2.24, 2.45) is 0 Å². The molecule has 4 rings (SSSR count). The predicted molar refractivity (Wildman–Crippen MR) is 128 cm³/mol. The predicted octanol–water partition coefficient (Wildman–Crippen LogP) is 7.20. The van der Waals surface area contributed by atoms with Crippen LogP contribution in [0.5, 0.6) is 5.75 Å². The topological polar surface area (TPSA) is 91.3 Å². The van der Waals surface area contributed by atoms with Crippen molar-refractivity contribution in [1.29, 1.82) is 0 Å². The highest BCUT2D eigenvalue weighted by atomic mass is 16.6. The van der Waals surface area contributed by atoms with Crippen molar-refractivity contribution in [2.45, 2.75) is 45.4 Å². The molecule has 33 heavy (non-hydrogen) atoms. The van der Waals surface area contributed by atoms with E-state index in [0.29, 0.717) is 17.3 Å². The summed E-state index contributed by atoms with van der Waals surface area (Å²) in [4.78, 5) is 10.4. The van der Waals surface area contributed by atoms with Gasteiger partial charge in [0.25, 0.3) is 5.69 Å². The largest absolute Gasteiger partial charge is 0.494 e. The number of non-ortho nitro benzene ring substituents is 1. The summed E-state index contributed by atoms with van der Waals surface area (Å²) in [6, 6.07) is 18.0. The Morgan fingerprint density at radius 2 is 1.45 bits per heavy atom. The third-order valence-electron chi connectivity index (χ3n) is 5.58. The summed E-state index contributed by atoms with van der Waals surface area (Å²) in [5.74, 6) is 1.59. The molecule has 0 fully saturated rings. The number of nitro benzene ring substituents is 1. The van der Waals surface area contributed by atoms with E-state index in [1.807, 2.05) is 36.4 Å². The van der Waals surface area contributed by atoms with Crippen LogP contribution in [0.3, 0.4) is 0 Å². The fourth-order valence-corrected chi connectivity index (χ4v) is 3.70. The zero-order valence-corrected chi connectivity index (χ0v) is 18.7. The van der Waals surface area contributed by atoms with Crippen molar-refractivity contribution in [3.05, 3.63) is 70.8 Å². The highest BCUT2D eigenvalue weighted by Crippen LogP contribution is 2.29. The lowest BCUT2D eigenvalue weighted by atomic mass is 10.1. The van der Waals surface area contributed by atoms with E-state index in [1.54, 1.807) is 12.1 Å². The van der Waals surface area contributed by atoms with Crippen molar-refractivity contribution >= 4 is 16.5 Å². The maximum atomic E-state index is 10.8. The lowest BCUT2D eigenvalue weighted by Crippen LogP contribution is -1.97. The molecule has 0 aliphatic carbocycles. The number of unbranched alkanes of at least 4 members (excludes halogenated alkanes) is 5. The van der Waals surface area contributed by atoms with Gasteiger partial charge in [0.15, 0.2) is 0 Å². The van der Waals surface area contributed by atoms with Gasteiger partial charge in [-0.15, -0.1) is 10.2 Å². The van der Waals surface area contributed by atoms with Gasteiger partial charge in [-0.05, 0) is 53.6 Å². The average molecular weight is 446 g/mol. The van der Waals surface area contributed by atoms with Gasteiger partial charge < -0.3 is 9.15 Å². The number of rotatable bonds is 11. The number of hydrogen-bond donors (Lipinski definition) is 0. The minimum atomic E-state index is -0.441. The molecule has 0 N–H and O–H groups in total.